The van der Waals surface area contributed by atoms with Gasteiger partial charge in [0, 0.05) is 11.7 Å². The summed E-state index contributed by atoms with van der Waals surface area (Å²) in [6, 6.07) is 0.130. The number of carbonyl (C=O) groups is 1. The predicted octanol–water partition coefficient (Wildman–Crippen LogP) is 3.27. The van der Waals surface area contributed by atoms with Crippen molar-refractivity contribution in [2.45, 2.75) is 78.0 Å². The van der Waals surface area contributed by atoms with Crippen molar-refractivity contribution in [3.63, 3.8) is 0 Å². The smallest absolute Gasteiger partial charge is 0.407 e. The fourth-order valence-electron chi connectivity index (χ4n) is 1.75. The van der Waals surface area contributed by atoms with E-state index in [1.165, 1.54) is 0 Å². The van der Waals surface area contributed by atoms with Gasteiger partial charge in [-0.25, -0.2) is 4.79 Å². The van der Waals surface area contributed by atoms with Crippen LogP contribution in [-0.4, -0.2) is 23.3 Å². The Morgan fingerprint density at radius 1 is 1.20 bits per heavy atom. The summed E-state index contributed by atoms with van der Waals surface area (Å²) >= 11 is 0. The molecule has 0 aromatic heterocycles. The van der Waals surface area contributed by atoms with Crippen LogP contribution in [0.5, 0.6) is 0 Å². The number of carbonyl (C=O) groups excluding carboxylic acids is 1. The molecule has 0 fully saturated rings. The number of nitrogens with one attached hydrogen (secondary N) is 2. The Morgan fingerprint density at radius 2 is 1.85 bits per heavy atom. The molecule has 1 atom stereocenters. The van der Waals surface area contributed by atoms with E-state index in [2.05, 4.69) is 16.9 Å². The summed E-state index contributed by atoms with van der Waals surface area (Å²) in [7, 11) is 0. The van der Waals surface area contributed by atoms with E-state index < -0.39 is 5.60 Å². The molecule has 2 N–H and O–H groups in total. The van der Waals surface area contributed by atoms with E-state index in [0.717, 1.165) is 25.0 Å². The lowest BCUT2D eigenvalue weighted by atomic mass is 10.00. The first-order valence-electron chi connectivity index (χ1n) is 7.18. The van der Waals surface area contributed by atoms with Gasteiger partial charge in [0.1, 0.15) is 5.60 Å². The summed E-state index contributed by atoms with van der Waals surface area (Å²) in [4.78, 5) is 17.2. The zero-order valence-corrected chi connectivity index (χ0v) is 13.5. The van der Waals surface area contributed by atoms with Gasteiger partial charge in [-0.05, 0) is 60.8 Å². The van der Waals surface area contributed by atoms with Crippen LogP contribution in [-0.2, 0) is 9.57 Å². The van der Waals surface area contributed by atoms with Crippen molar-refractivity contribution in [2.24, 2.45) is 0 Å². The van der Waals surface area contributed by atoms with Crippen molar-refractivity contribution in [3.8, 4) is 0 Å². The van der Waals surface area contributed by atoms with E-state index in [1.807, 2.05) is 41.5 Å². The van der Waals surface area contributed by atoms with Gasteiger partial charge in [0.25, 0.3) is 0 Å². The summed E-state index contributed by atoms with van der Waals surface area (Å²) in [5, 5.41) is 2.89. The molecular formula is C15H28N2O3. The first-order chi connectivity index (χ1) is 9.05. The van der Waals surface area contributed by atoms with Gasteiger partial charge in [-0.3, -0.25) is 10.3 Å². The van der Waals surface area contributed by atoms with Gasteiger partial charge in [0.2, 0.25) is 0 Å². The number of hydrogen-bond acceptors (Lipinski definition) is 4. The van der Waals surface area contributed by atoms with Crippen LogP contribution < -0.4 is 10.8 Å². The SMILES string of the molecule is CC(C)(C)ONC1=CCC(NC(=O)OC(C)(C)C)CC1. The molecule has 0 heterocycles. The molecule has 0 aliphatic heterocycles. The van der Waals surface area contributed by atoms with Gasteiger partial charge in [-0.15, -0.1) is 0 Å². The average molecular weight is 284 g/mol. The summed E-state index contributed by atoms with van der Waals surface area (Å²) in [5.74, 6) is 0. The molecule has 0 aromatic carbocycles. The lowest BCUT2D eigenvalue weighted by Gasteiger charge is -2.27. The van der Waals surface area contributed by atoms with E-state index in [-0.39, 0.29) is 17.7 Å². The van der Waals surface area contributed by atoms with Crippen molar-refractivity contribution in [1.29, 1.82) is 0 Å². The molecule has 5 nitrogen and oxygen atoms in total. The van der Waals surface area contributed by atoms with Crippen molar-refractivity contribution in [2.75, 3.05) is 0 Å². The van der Waals surface area contributed by atoms with Gasteiger partial charge in [0.05, 0.1) is 5.60 Å². The molecular weight excluding hydrogens is 256 g/mol. The summed E-state index contributed by atoms with van der Waals surface area (Å²) < 4.78 is 5.25. The molecule has 20 heavy (non-hydrogen) atoms. The van der Waals surface area contributed by atoms with Crippen LogP contribution in [0.1, 0.15) is 60.8 Å². The van der Waals surface area contributed by atoms with Crippen LogP contribution in [0.4, 0.5) is 4.79 Å². The van der Waals surface area contributed by atoms with Crippen LogP contribution >= 0.6 is 0 Å². The second kappa shape index (κ2) is 6.48. The molecule has 0 saturated carbocycles. The van der Waals surface area contributed by atoms with E-state index >= 15 is 0 Å². The van der Waals surface area contributed by atoms with Gasteiger partial charge >= 0.3 is 6.09 Å². The largest absolute Gasteiger partial charge is 0.444 e. The lowest BCUT2D eigenvalue weighted by Crippen LogP contribution is -2.40. The molecule has 1 aliphatic rings. The fraction of sp³-hybridized carbons (Fsp3) is 0.800. The highest BCUT2D eigenvalue weighted by Crippen LogP contribution is 2.18. The van der Waals surface area contributed by atoms with E-state index in [0.29, 0.717) is 0 Å². The molecule has 0 saturated heterocycles. The van der Waals surface area contributed by atoms with Crippen LogP contribution in [0.3, 0.4) is 0 Å². The monoisotopic (exact) mass is 284 g/mol. The molecule has 116 valence electrons. The Bertz CT molecular complexity index is 364. The van der Waals surface area contributed by atoms with E-state index in [9.17, 15) is 4.79 Å². The van der Waals surface area contributed by atoms with Gasteiger partial charge in [0.15, 0.2) is 0 Å². The number of ether oxygens (including phenoxy) is 1. The second-order valence-electron chi connectivity index (χ2n) is 7.16. The van der Waals surface area contributed by atoms with Crippen LogP contribution in [0.25, 0.3) is 0 Å². The Morgan fingerprint density at radius 3 is 2.30 bits per heavy atom. The Kier molecular flexibility index (Phi) is 5.45. The standard InChI is InChI=1S/C15H28N2O3/c1-14(2,3)19-13(18)16-11-7-9-12(10-8-11)17-20-15(4,5)6/h9,11,17H,7-8,10H2,1-6H3,(H,16,18). The van der Waals surface area contributed by atoms with Crippen LogP contribution in [0.15, 0.2) is 11.8 Å². The number of alkyl carbamates (subject to hydrolysis) is 1. The summed E-state index contributed by atoms with van der Waals surface area (Å²) in [5.41, 5.74) is 3.39. The minimum atomic E-state index is -0.456. The highest BCUT2D eigenvalue weighted by molar-refractivity contribution is 5.68. The minimum Gasteiger partial charge on any atom is -0.444 e. The van der Waals surface area contributed by atoms with Crippen molar-refractivity contribution in [3.05, 3.63) is 11.8 Å². The molecule has 0 radical (unpaired) electrons. The van der Waals surface area contributed by atoms with Crippen LogP contribution in [0, 0.1) is 0 Å². The molecule has 1 rings (SSSR count). The maximum atomic E-state index is 11.7. The summed E-state index contributed by atoms with van der Waals surface area (Å²) in [6.07, 6.45) is 4.24. The Balaban J connectivity index is 2.34. The molecule has 5 heteroatoms. The summed E-state index contributed by atoms with van der Waals surface area (Å²) in [6.45, 7) is 11.6. The van der Waals surface area contributed by atoms with Crippen molar-refractivity contribution < 1.29 is 14.4 Å². The maximum Gasteiger partial charge on any atom is 0.407 e. The maximum absolute atomic E-state index is 11.7. The van der Waals surface area contributed by atoms with Gasteiger partial charge in [-0.1, -0.05) is 6.08 Å². The number of hydrogen-bond donors (Lipinski definition) is 2. The molecule has 0 bridgehead atoms. The molecule has 1 amide bonds. The van der Waals surface area contributed by atoms with Crippen molar-refractivity contribution >= 4 is 6.09 Å². The van der Waals surface area contributed by atoms with Gasteiger partial charge < -0.3 is 10.1 Å². The fourth-order valence-corrected chi connectivity index (χ4v) is 1.75. The average Bonchev–Trinajstić information content (AvgIpc) is 2.24. The third kappa shape index (κ3) is 7.38. The lowest BCUT2D eigenvalue weighted by molar-refractivity contribution is -0.0598. The molecule has 1 unspecified atom stereocenters. The first-order valence-corrected chi connectivity index (χ1v) is 7.18. The normalized spacial score (nSPS) is 20.1. The number of hydroxylamine groups is 1. The second-order valence-corrected chi connectivity index (χ2v) is 7.16. The Labute approximate surface area is 122 Å². The highest BCUT2D eigenvalue weighted by atomic mass is 16.7. The molecule has 1 aliphatic carbocycles. The molecule has 0 aromatic rings. The number of allylic oxidation sites excluding steroid dienone is 1. The predicted molar refractivity (Wildman–Crippen MR) is 79.1 cm³/mol. The highest BCUT2D eigenvalue weighted by Gasteiger charge is 2.21. The van der Waals surface area contributed by atoms with E-state index in [4.69, 9.17) is 9.57 Å². The van der Waals surface area contributed by atoms with Gasteiger partial charge in [-0.2, -0.15) is 0 Å². The quantitative estimate of drug-likeness (QED) is 0.781. The third-order valence-corrected chi connectivity index (χ3v) is 2.62. The zero-order chi connectivity index (χ0) is 15.4. The molecule has 0 spiro atoms. The number of rotatable bonds is 3. The third-order valence-electron chi connectivity index (χ3n) is 2.62. The first kappa shape index (κ1) is 16.8. The van der Waals surface area contributed by atoms with Crippen molar-refractivity contribution in [1.82, 2.24) is 10.8 Å². The zero-order valence-electron chi connectivity index (χ0n) is 13.5. The topological polar surface area (TPSA) is 59.6 Å². The van der Waals surface area contributed by atoms with Crippen LogP contribution in [0.2, 0.25) is 0 Å². The Hall–Kier alpha value is -1.23. The number of amides is 1. The van der Waals surface area contributed by atoms with E-state index in [1.54, 1.807) is 0 Å². The minimum absolute atomic E-state index is 0.130.